The zero-order valence-corrected chi connectivity index (χ0v) is 18.9. The van der Waals surface area contributed by atoms with Crippen molar-refractivity contribution in [1.82, 2.24) is 4.98 Å². The van der Waals surface area contributed by atoms with E-state index in [1.807, 2.05) is 57.2 Å². The van der Waals surface area contributed by atoms with Gasteiger partial charge in [-0.1, -0.05) is 29.8 Å². The van der Waals surface area contributed by atoms with Crippen LogP contribution >= 0.6 is 11.6 Å². The van der Waals surface area contributed by atoms with Gasteiger partial charge in [-0.2, -0.15) is 0 Å². The molecule has 0 fully saturated rings. The lowest BCUT2D eigenvalue weighted by atomic mass is 9.98. The number of ketones is 1. The van der Waals surface area contributed by atoms with Crippen LogP contribution in [0.25, 0.3) is 16.5 Å². The minimum atomic E-state index is -1.35. The molecule has 1 N–H and O–H groups in total. The lowest BCUT2D eigenvalue weighted by Gasteiger charge is -2.24. The highest BCUT2D eigenvalue weighted by Gasteiger charge is 2.30. The molecule has 0 aliphatic carbocycles. The number of nitrogens with zero attached hydrogens (tertiary/aromatic N) is 1. The number of rotatable bonds is 6. The summed E-state index contributed by atoms with van der Waals surface area (Å²) >= 11 is 6.26. The smallest absolute Gasteiger partial charge is 0.347 e. The zero-order chi connectivity index (χ0) is 22.9. The Morgan fingerprint density at radius 3 is 2.32 bits per heavy atom. The number of carboxylic acid groups (broad SMARTS) is 1. The van der Waals surface area contributed by atoms with Crippen LogP contribution in [-0.2, 0) is 4.79 Å². The van der Waals surface area contributed by atoms with Gasteiger partial charge in [-0.25, -0.2) is 9.78 Å². The van der Waals surface area contributed by atoms with E-state index in [1.165, 1.54) is 19.9 Å². The molecule has 0 bridgehead atoms. The molecule has 0 aliphatic heterocycles. The first kappa shape index (κ1) is 22.5. The van der Waals surface area contributed by atoms with E-state index in [-0.39, 0.29) is 10.9 Å². The fraction of sp³-hybridized carbons (Fsp3) is 0.240. The van der Waals surface area contributed by atoms with Crippen molar-refractivity contribution in [3.05, 3.63) is 75.9 Å². The number of carbonyl (C=O) groups excluding carboxylic acids is 1. The molecule has 1 heterocycles. The van der Waals surface area contributed by atoms with E-state index in [0.717, 1.165) is 33.2 Å². The Kier molecular flexibility index (Phi) is 6.18. The second kappa shape index (κ2) is 8.52. The molecule has 0 radical (unpaired) electrons. The summed E-state index contributed by atoms with van der Waals surface area (Å²) in [5, 5.41) is 10.3. The van der Waals surface area contributed by atoms with Crippen molar-refractivity contribution in [3.8, 4) is 5.75 Å². The monoisotopic (exact) mass is 437 g/mol. The number of hydrogen-bond acceptors (Lipinski definition) is 4. The highest BCUT2D eigenvalue weighted by Crippen LogP contribution is 2.31. The third-order valence-electron chi connectivity index (χ3n) is 5.08. The number of fused-ring (bicyclic) bond motifs is 1. The summed E-state index contributed by atoms with van der Waals surface area (Å²) in [6.45, 7) is 8.56. The van der Waals surface area contributed by atoms with Crippen LogP contribution in [0.5, 0.6) is 5.75 Å². The van der Waals surface area contributed by atoms with Crippen LogP contribution in [0.15, 0.2) is 48.5 Å². The normalized spacial score (nSPS) is 12.1. The van der Waals surface area contributed by atoms with Gasteiger partial charge in [0, 0.05) is 5.39 Å². The Hall–Kier alpha value is -3.18. The molecule has 0 unspecified atom stereocenters. The van der Waals surface area contributed by atoms with E-state index in [2.05, 4.69) is 4.98 Å². The average Bonchev–Trinajstić information content (AvgIpc) is 2.69. The third-order valence-corrected chi connectivity index (χ3v) is 5.37. The van der Waals surface area contributed by atoms with Gasteiger partial charge in [-0.05, 0) is 87.2 Å². The van der Waals surface area contributed by atoms with Crippen LogP contribution in [0.4, 0.5) is 0 Å². The minimum Gasteiger partial charge on any atom is -0.478 e. The molecule has 2 aromatic carbocycles. The van der Waals surface area contributed by atoms with Crippen LogP contribution in [0.2, 0.25) is 5.15 Å². The number of carbonyl (C=O) groups is 2. The van der Waals surface area contributed by atoms with Crippen molar-refractivity contribution in [2.45, 2.75) is 40.2 Å². The number of aromatic nitrogens is 1. The largest absolute Gasteiger partial charge is 0.478 e. The summed E-state index contributed by atoms with van der Waals surface area (Å²) in [4.78, 5) is 28.6. The fourth-order valence-electron chi connectivity index (χ4n) is 3.26. The molecular formula is C25H24ClNO4. The second-order valence-electron chi connectivity index (χ2n) is 8.07. The molecule has 0 amide bonds. The van der Waals surface area contributed by atoms with Crippen molar-refractivity contribution in [3.63, 3.8) is 0 Å². The highest BCUT2D eigenvalue weighted by molar-refractivity contribution is 6.34. The minimum absolute atomic E-state index is 0.166. The van der Waals surface area contributed by atoms with Crippen LogP contribution in [0.1, 0.15) is 47.8 Å². The van der Waals surface area contributed by atoms with E-state index in [4.69, 9.17) is 16.3 Å². The number of allylic oxidation sites excluding steroid dienone is 2. The maximum absolute atomic E-state index is 12.9. The van der Waals surface area contributed by atoms with Crippen LogP contribution in [0.3, 0.4) is 0 Å². The number of ether oxygens (including phenoxy) is 1. The average molecular weight is 438 g/mol. The summed E-state index contributed by atoms with van der Waals surface area (Å²) in [5.74, 6) is -0.752. The van der Waals surface area contributed by atoms with E-state index in [1.54, 1.807) is 6.07 Å². The Morgan fingerprint density at radius 2 is 1.71 bits per heavy atom. The van der Waals surface area contributed by atoms with E-state index < -0.39 is 11.6 Å². The van der Waals surface area contributed by atoms with E-state index >= 15 is 0 Å². The molecule has 31 heavy (non-hydrogen) atoms. The number of pyridine rings is 1. The number of carboxylic acids is 1. The predicted molar refractivity (Wildman–Crippen MR) is 123 cm³/mol. The van der Waals surface area contributed by atoms with Gasteiger partial charge in [0.15, 0.2) is 11.4 Å². The zero-order valence-electron chi connectivity index (χ0n) is 18.1. The number of hydrogen-bond donors (Lipinski definition) is 1. The van der Waals surface area contributed by atoms with Crippen molar-refractivity contribution >= 4 is 39.8 Å². The van der Waals surface area contributed by atoms with Gasteiger partial charge in [0.2, 0.25) is 0 Å². The number of aryl methyl sites for hydroxylation is 2. The van der Waals surface area contributed by atoms with Gasteiger partial charge >= 0.3 is 5.97 Å². The molecule has 6 heteroatoms. The van der Waals surface area contributed by atoms with Gasteiger partial charge in [0.25, 0.3) is 0 Å². The third kappa shape index (κ3) is 4.78. The Bertz CT molecular complexity index is 1200. The second-order valence-corrected chi connectivity index (χ2v) is 8.43. The van der Waals surface area contributed by atoms with Crippen LogP contribution < -0.4 is 4.74 Å². The number of para-hydroxylation sites is 1. The van der Waals surface area contributed by atoms with E-state index in [9.17, 15) is 14.7 Å². The van der Waals surface area contributed by atoms with Crippen molar-refractivity contribution in [1.29, 1.82) is 0 Å². The molecule has 1 aromatic heterocycles. The van der Waals surface area contributed by atoms with E-state index in [0.29, 0.717) is 11.3 Å². The summed E-state index contributed by atoms with van der Waals surface area (Å²) in [6, 6.07) is 13.0. The van der Waals surface area contributed by atoms with Gasteiger partial charge in [-0.3, -0.25) is 4.79 Å². The lowest BCUT2D eigenvalue weighted by molar-refractivity contribution is -0.152. The Morgan fingerprint density at radius 1 is 1.10 bits per heavy atom. The standard InChI is InChI=1S/C25H24ClNO4/c1-14(12-21(28)19-13-17-8-6-7-9-20(17)27-23(19)26)18-10-15(2)22(16(3)11-18)31-25(4,5)24(29)30/h6-13H,1-5H3,(H,29,30)/b14-12+. The number of aliphatic carboxylic acids is 1. The first-order chi connectivity index (χ1) is 14.5. The fourth-order valence-corrected chi connectivity index (χ4v) is 3.50. The summed E-state index contributed by atoms with van der Waals surface area (Å²) in [6.07, 6.45) is 1.54. The predicted octanol–water partition coefficient (Wildman–Crippen LogP) is 6.03. The van der Waals surface area contributed by atoms with Crippen molar-refractivity contribution < 1.29 is 19.4 Å². The van der Waals surface area contributed by atoms with Crippen LogP contribution in [0, 0.1) is 13.8 Å². The first-order valence-corrected chi connectivity index (χ1v) is 10.2. The Balaban J connectivity index is 1.94. The molecule has 0 aliphatic rings. The van der Waals surface area contributed by atoms with Crippen molar-refractivity contribution in [2.24, 2.45) is 0 Å². The number of halogens is 1. The molecule has 160 valence electrons. The van der Waals surface area contributed by atoms with Gasteiger partial charge in [0.05, 0.1) is 11.1 Å². The van der Waals surface area contributed by atoms with Crippen molar-refractivity contribution in [2.75, 3.05) is 0 Å². The summed E-state index contributed by atoms with van der Waals surface area (Å²) in [5.41, 5.74) is 2.90. The molecular weight excluding hydrogens is 414 g/mol. The molecule has 0 saturated carbocycles. The molecule has 5 nitrogen and oxygen atoms in total. The Labute approximate surface area is 186 Å². The quantitative estimate of drug-likeness (QED) is 0.289. The molecule has 3 aromatic rings. The SMILES string of the molecule is C/C(=C\C(=O)c1cc2ccccc2nc1Cl)c1cc(C)c(OC(C)(C)C(=O)O)c(C)c1. The van der Waals surface area contributed by atoms with Crippen LogP contribution in [-0.4, -0.2) is 27.4 Å². The molecule has 0 saturated heterocycles. The summed E-state index contributed by atoms with van der Waals surface area (Å²) in [7, 11) is 0. The maximum atomic E-state index is 12.9. The molecule has 3 rings (SSSR count). The number of benzene rings is 2. The van der Waals surface area contributed by atoms with Gasteiger partial charge in [0.1, 0.15) is 10.9 Å². The molecule has 0 atom stereocenters. The first-order valence-electron chi connectivity index (χ1n) is 9.81. The van der Waals surface area contributed by atoms with Gasteiger partial charge < -0.3 is 9.84 Å². The topological polar surface area (TPSA) is 76.5 Å². The molecule has 0 spiro atoms. The summed E-state index contributed by atoms with van der Waals surface area (Å²) < 4.78 is 5.75. The highest BCUT2D eigenvalue weighted by atomic mass is 35.5. The lowest BCUT2D eigenvalue weighted by Crippen LogP contribution is -2.38. The van der Waals surface area contributed by atoms with Gasteiger partial charge in [-0.15, -0.1) is 0 Å². The maximum Gasteiger partial charge on any atom is 0.347 e.